The van der Waals surface area contributed by atoms with Crippen molar-refractivity contribution in [1.82, 2.24) is 0 Å². The molecule has 56 valence electrons. The van der Waals surface area contributed by atoms with Gasteiger partial charge < -0.3 is 5.73 Å². The number of thiol groups is 1. The third-order valence-corrected chi connectivity index (χ3v) is 2.12. The molecule has 0 saturated carbocycles. The standard InChI is InChI=1S/C7H11NS2/c1-6(5-9)7(2)10-4-3-8/h3-4,9H,1-2,5,8H2/b4-3-. The first kappa shape index (κ1) is 9.72. The number of nitrogens with two attached hydrogens (primary N) is 1. The molecule has 0 saturated heterocycles. The summed E-state index contributed by atoms with van der Waals surface area (Å²) < 4.78 is 0. The van der Waals surface area contributed by atoms with Gasteiger partial charge in [-0.05, 0) is 11.0 Å². The molecular weight excluding hydrogens is 162 g/mol. The Kier molecular flexibility index (Phi) is 5.35. The molecule has 0 bridgehead atoms. The van der Waals surface area contributed by atoms with Gasteiger partial charge in [0.2, 0.25) is 0 Å². The Morgan fingerprint density at radius 3 is 2.60 bits per heavy atom. The van der Waals surface area contributed by atoms with E-state index in [0.717, 1.165) is 10.5 Å². The van der Waals surface area contributed by atoms with Crippen LogP contribution in [0.2, 0.25) is 0 Å². The molecule has 0 aliphatic rings. The number of hydrogen-bond donors (Lipinski definition) is 2. The van der Waals surface area contributed by atoms with Gasteiger partial charge in [0.05, 0.1) is 0 Å². The maximum atomic E-state index is 5.13. The average Bonchev–Trinajstić information content (AvgIpc) is 1.98. The Balaban J connectivity index is 3.74. The number of thioether (sulfide) groups is 1. The van der Waals surface area contributed by atoms with Crippen LogP contribution in [0.5, 0.6) is 0 Å². The van der Waals surface area contributed by atoms with Crippen molar-refractivity contribution in [1.29, 1.82) is 0 Å². The topological polar surface area (TPSA) is 26.0 Å². The fraction of sp³-hybridized carbons (Fsp3) is 0.143. The molecule has 3 heteroatoms. The summed E-state index contributed by atoms with van der Waals surface area (Å²) in [7, 11) is 0. The van der Waals surface area contributed by atoms with Gasteiger partial charge in [-0.1, -0.05) is 24.9 Å². The van der Waals surface area contributed by atoms with Crippen LogP contribution >= 0.6 is 24.4 Å². The number of rotatable bonds is 4. The Morgan fingerprint density at radius 1 is 1.60 bits per heavy atom. The van der Waals surface area contributed by atoms with Crippen molar-refractivity contribution >= 4 is 24.4 Å². The fourth-order valence-electron chi connectivity index (χ4n) is 0.293. The van der Waals surface area contributed by atoms with E-state index >= 15 is 0 Å². The molecule has 0 aromatic heterocycles. The van der Waals surface area contributed by atoms with E-state index in [4.69, 9.17) is 5.73 Å². The van der Waals surface area contributed by atoms with E-state index < -0.39 is 0 Å². The molecule has 0 fully saturated rings. The monoisotopic (exact) mass is 173 g/mol. The largest absolute Gasteiger partial charge is 0.404 e. The molecule has 0 aromatic carbocycles. The first-order valence-electron chi connectivity index (χ1n) is 2.73. The van der Waals surface area contributed by atoms with E-state index in [1.807, 2.05) is 0 Å². The maximum Gasteiger partial charge on any atom is 0.0159 e. The van der Waals surface area contributed by atoms with Crippen molar-refractivity contribution in [3.8, 4) is 0 Å². The zero-order valence-electron chi connectivity index (χ0n) is 5.71. The quantitative estimate of drug-likeness (QED) is 0.503. The molecule has 0 aromatic rings. The lowest BCUT2D eigenvalue weighted by molar-refractivity contribution is 1.58. The molecule has 0 radical (unpaired) electrons. The first-order valence-corrected chi connectivity index (χ1v) is 4.25. The molecule has 10 heavy (non-hydrogen) atoms. The van der Waals surface area contributed by atoms with Crippen molar-refractivity contribution in [2.75, 3.05) is 5.75 Å². The van der Waals surface area contributed by atoms with Crippen molar-refractivity contribution in [2.45, 2.75) is 0 Å². The van der Waals surface area contributed by atoms with Crippen molar-refractivity contribution < 1.29 is 0 Å². The highest BCUT2D eigenvalue weighted by Crippen LogP contribution is 2.21. The second kappa shape index (κ2) is 5.50. The van der Waals surface area contributed by atoms with Crippen molar-refractivity contribution in [2.24, 2.45) is 5.73 Å². The zero-order valence-corrected chi connectivity index (χ0v) is 7.42. The highest BCUT2D eigenvalue weighted by Gasteiger charge is 1.94. The van der Waals surface area contributed by atoms with Gasteiger partial charge in [0.15, 0.2) is 0 Å². The fourth-order valence-corrected chi connectivity index (χ4v) is 1.07. The second-order valence-electron chi connectivity index (χ2n) is 1.63. The summed E-state index contributed by atoms with van der Waals surface area (Å²) in [5, 5.41) is 1.76. The highest BCUT2D eigenvalue weighted by atomic mass is 32.2. The van der Waals surface area contributed by atoms with Crippen LogP contribution in [0.3, 0.4) is 0 Å². The predicted molar refractivity (Wildman–Crippen MR) is 53.1 cm³/mol. The van der Waals surface area contributed by atoms with Crippen molar-refractivity contribution in [3.05, 3.63) is 35.2 Å². The summed E-state index contributed by atoms with van der Waals surface area (Å²) in [4.78, 5) is 0.914. The summed E-state index contributed by atoms with van der Waals surface area (Å²) in [5.41, 5.74) is 6.06. The molecule has 1 nitrogen and oxygen atoms in total. The van der Waals surface area contributed by atoms with Gasteiger partial charge in [0.1, 0.15) is 0 Å². The van der Waals surface area contributed by atoms with Gasteiger partial charge in [-0.15, -0.1) is 0 Å². The first-order chi connectivity index (χ1) is 4.72. The van der Waals surface area contributed by atoms with E-state index in [-0.39, 0.29) is 0 Å². The van der Waals surface area contributed by atoms with Crippen molar-refractivity contribution in [3.63, 3.8) is 0 Å². The molecule has 0 aliphatic heterocycles. The van der Waals surface area contributed by atoms with E-state index in [1.54, 1.807) is 5.41 Å². The molecule has 0 atom stereocenters. The van der Waals surface area contributed by atoms with E-state index in [0.29, 0.717) is 5.75 Å². The minimum Gasteiger partial charge on any atom is -0.404 e. The van der Waals surface area contributed by atoms with Gasteiger partial charge in [-0.25, -0.2) is 0 Å². The summed E-state index contributed by atoms with van der Waals surface area (Å²) in [6.07, 6.45) is 1.47. The van der Waals surface area contributed by atoms with Gasteiger partial charge in [0.25, 0.3) is 0 Å². The zero-order chi connectivity index (χ0) is 7.98. The lowest BCUT2D eigenvalue weighted by Gasteiger charge is -2.00. The Morgan fingerprint density at radius 2 is 2.20 bits per heavy atom. The van der Waals surface area contributed by atoms with Crippen LogP contribution in [0.4, 0.5) is 0 Å². The highest BCUT2D eigenvalue weighted by molar-refractivity contribution is 8.06. The summed E-state index contributed by atoms with van der Waals surface area (Å²) in [5.74, 6) is 0.643. The Bertz CT molecular complexity index is 161. The van der Waals surface area contributed by atoms with Crippen LogP contribution in [0.25, 0.3) is 0 Å². The number of hydrogen-bond acceptors (Lipinski definition) is 3. The molecule has 2 N–H and O–H groups in total. The smallest absolute Gasteiger partial charge is 0.0159 e. The van der Waals surface area contributed by atoms with Crippen LogP contribution in [0.1, 0.15) is 0 Å². The normalized spacial score (nSPS) is 10.1. The minimum absolute atomic E-state index is 0.643. The molecule has 0 aliphatic carbocycles. The third-order valence-electron chi connectivity index (χ3n) is 0.874. The molecule has 0 unspecified atom stereocenters. The molecule has 0 rings (SSSR count). The van der Waals surface area contributed by atoms with Gasteiger partial charge in [0, 0.05) is 16.9 Å². The van der Waals surface area contributed by atoms with Crippen LogP contribution < -0.4 is 5.73 Å². The lowest BCUT2D eigenvalue weighted by atomic mass is 10.3. The maximum absolute atomic E-state index is 5.13. The van der Waals surface area contributed by atoms with Crippen LogP contribution in [-0.2, 0) is 0 Å². The molecule has 0 heterocycles. The average molecular weight is 173 g/mol. The summed E-state index contributed by atoms with van der Waals surface area (Å²) >= 11 is 5.51. The summed E-state index contributed by atoms with van der Waals surface area (Å²) in [6, 6.07) is 0. The second-order valence-corrected chi connectivity index (χ2v) is 2.95. The Hall–Kier alpha value is -0.280. The van der Waals surface area contributed by atoms with Gasteiger partial charge >= 0.3 is 0 Å². The molecule has 0 amide bonds. The lowest BCUT2D eigenvalue weighted by Crippen LogP contribution is -1.82. The van der Waals surface area contributed by atoms with E-state index in [2.05, 4.69) is 25.8 Å². The molecular formula is C7H11NS2. The van der Waals surface area contributed by atoms with E-state index in [9.17, 15) is 0 Å². The van der Waals surface area contributed by atoms with Crippen LogP contribution in [-0.4, -0.2) is 5.75 Å². The van der Waals surface area contributed by atoms with Crippen LogP contribution in [0.15, 0.2) is 35.2 Å². The Labute approximate surface area is 71.5 Å². The minimum atomic E-state index is 0.643. The SMILES string of the molecule is C=C(CS)C(=C)S/C=C\N. The number of allylic oxidation sites excluding steroid dienone is 1. The van der Waals surface area contributed by atoms with E-state index in [1.165, 1.54) is 18.0 Å². The van der Waals surface area contributed by atoms with Gasteiger partial charge in [-0.2, -0.15) is 12.6 Å². The van der Waals surface area contributed by atoms with Crippen LogP contribution in [0, 0.1) is 0 Å². The van der Waals surface area contributed by atoms with Gasteiger partial charge in [-0.3, -0.25) is 0 Å². The summed E-state index contributed by atoms with van der Waals surface area (Å²) in [6.45, 7) is 7.53. The third kappa shape index (κ3) is 3.69. The predicted octanol–water partition coefficient (Wildman–Crippen LogP) is 2.15. The molecule has 0 spiro atoms.